The van der Waals surface area contributed by atoms with Gasteiger partial charge in [-0.15, -0.1) is 0 Å². The number of hydrogen-bond acceptors (Lipinski definition) is 12. The molecule has 8 atom stereocenters. The maximum atomic E-state index is 12.8. The third kappa shape index (κ3) is 28.6. The first kappa shape index (κ1) is 56.1. The monoisotopic (exact) mass is 875 g/mol. The zero-order valence-corrected chi connectivity index (χ0v) is 37.9. The second-order valence-corrected chi connectivity index (χ2v) is 17.7. The summed E-state index contributed by atoms with van der Waals surface area (Å²) in [5, 5.41) is 50.1. The standard InChI is InChI=1S/C46H83O13P/c1-3-5-7-9-11-13-15-17-19-20-21-23-25-27-29-31-33-35-40(48)58-38(37-57-60(54,55)59-46-44(52)42(50)41(49)43(51)45(46)53)36-56-39(47)34-32-30-28-26-24-22-18-16-14-12-10-8-6-4-2/h17,19,21,23,27,29,38,41-46,49-53H,3-16,18,20,22,24-26,28,30-37H2,1-2H3,(H,54,55)/b19-17+,23-21+,29-27+/t38-,41?,42-,43?,44?,45?,46?/m1/s1. The summed E-state index contributed by atoms with van der Waals surface area (Å²) in [6.45, 7) is 3.25. The first-order valence-electron chi connectivity index (χ1n) is 23.3. The van der Waals surface area contributed by atoms with Gasteiger partial charge in [0.25, 0.3) is 0 Å². The Labute approximate surface area is 361 Å². The van der Waals surface area contributed by atoms with E-state index in [1.165, 1.54) is 103 Å². The molecule has 14 heteroatoms. The van der Waals surface area contributed by atoms with E-state index in [2.05, 4.69) is 38.2 Å². The zero-order chi connectivity index (χ0) is 44.3. The van der Waals surface area contributed by atoms with Gasteiger partial charge in [-0.25, -0.2) is 4.57 Å². The molecule has 0 aromatic rings. The van der Waals surface area contributed by atoms with Crippen molar-refractivity contribution in [2.24, 2.45) is 0 Å². The molecule has 13 nitrogen and oxygen atoms in total. The van der Waals surface area contributed by atoms with Crippen LogP contribution in [0.3, 0.4) is 0 Å². The van der Waals surface area contributed by atoms with Crippen molar-refractivity contribution in [3.8, 4) is 0 Å². The molecule has 0 amide bonds. The Kier molecular flexibility index (Phi) is 34.2. The molecule has 0 spiro atoms. The van der Waals surface area contributed by atoms with Gasteiger partial charge in [0, 0.05) is 12.8 Å². The minimum Gasteiger partial charge on any atom is -0.462 e. The molecule has 1 rings (SSSR count). The maximum Gasteiger partial charge on any atom is 0.472 e. The lowest BCUT2D eigenvalue weighted by Crippen LogP contribution is -2.64. The van der Waals surface area contributed by atoms with Gasteiger partial charge in [0.05, 0.1) is 6.61 Å². The predicted molar refractivity (Wildman–Crippen MR) is 235 cm³/mol. The normalized spacial score (nSPS) is 22.5. The van der Waals surface area contributed by atoms with Crippen LogP contribution in [-0.4, -0.2) is 98.3 Å². The number of rotatable bonds is 38. The first-order valence-corrected chi connectivity index (χ1v) is 24.8. The largest absolute Gasteiger partial charge is 0.472 e. The molecular formula is C46H83O13P. The summed E-state index contributed by atoms with van der Waals surface area (Å²) < 4.78 is 33.5. The van der Waals surface area contributed by atoms with E-state index >= 15 is 0 Å². The quantitative estimate of drug-likeness (QED) is 0.0148. The maximum absolute atomic E-state index is 12.8. The highest BCUT2D eigenvalue weighted by molar-refractivity contribution is 7.47. The third-order valence-corrected chi connectivity index (χ3v) is 11.7. The van der Waals surface area contributed by atoms with Crippen LogP contribution in [0.25, 0.3) is 0 Å². The van der Waals surface area contributed by atoms with Crippen molar-refractivity contribution in [1.82, 2.24) is 0 Å². The van der Waals surface area contributed by atoms with Crippen molar-refractivity contribution in [2.75, 3.05) is 13.2 Å². The average molecular weight is 875 g/mol. The van der Waals surface area contributed by atoms with Gasteiger partial charge >= 0.3 is 19.8 Å². The van der Waals surface area contributed by atoms with Crippen molar-refractivity contribution < 1.29 is 63.1 Å². The van der Waals surface area contributed by atoms with Gasteiger partial charge in [0.2, 0.25) is 0 Å². The topological polar surface area (TPSA) is 210 Å². The summed E-state index contributed by atoms with van der Waals surface area (Å²) in [5.74, 6) is -1.16. The van der Waals surface area contributed by atoms with Gasteiger partial charge in [-0.3, -0.25) is 18.6 Å². The summed E-state index contributed by atoms with van der Waals surface area (Å²) in [4.78, 5) is 35.7. The number of hydrogen-bond donors (Lipinski definition) is 6. The number of allylic oxidation sites excluding steroid dienone is 6. The highest BCUT2D eigenvalue weighted by Gasteiger charge is 2.51. The Morgan fingerprint density at radius 1 is 0.517 bits per heavy atom. The van der Waals surface area contributed by atoms with Gasteiger partial charge in [0.1, 0.15) is 43.2 Å². The van der Waals surface area contributed by atoms with E-state index < -0.39 is 75.7 Å². The molecule has 6 unspecified atom stereocenters. The van der Waals surface area contributed by atoms with E-state index in [4.69, 9.17) is 18.5 Å². The van der Waals surface area contributed by atoms with E-state index in [0.717, 1.165) is 38.5 Å². The van der Waals surface area contributed by atoms with Gasteiger partial charge in [-0.1, -0.05) is 166 Å². The van der Waals surface area contributed by atoms with Crippen molar-refractivity contribution in [3.63, 3.8) is 0 Å². The predicted octanol–water partition coefficient (Wildman–Crippen LogP) is 9.00. The molecule has 0 radical (unpaired) electrons. The fourth-order valence-electron chi connectivity index (χ4n) is 6.95. The highest BCUT2D eigenvalue weighted by Crippen LogP contribution is 2.47. The molecule has 0 bridgehead atoms. The Balaban J connectivity index is 2.50. The third-order valence-electron chi connectivity index (χ3n) is 10.7. The fraction of sp³-hybridized carbons (Fsp3) is 0.826. The van der Waals surface area contributed by atoms with E-state index in [9.17, 15) is 44.6 Å². The van der Waals surface area contributed by atoms with Crippen LogP contribution in [0, 0.1) is 0 Å². The minimum atomic E-state index is -5.13. The van der Waals surface area contributed by atoms with Crippen LogP contribution in [0.4, 0.5) is 0 Å². The van der Waals surface area contributed by atoms with E-state index in [1.807, 2.05) is 12.2 Å². The Morgan fingerprint density at radius 3 is 1.42 bits per heavy atom. The fourth-order valence-corrected chi connectivity index (χ4v) is 7.92. The van der Waals surface area contributed by atoms with E-state index in [0.29, 0.717) is 19.3 Å². The van der Waals surface area contributed by atoms with Crippen molar-refractivity contribution in [3.05, 3.63) is 36.5 Å². The number of carbonyl (C=O) groups is 2. The van der Waals surface area contributed by atoms with Crippen LogP contribution in [0.5, 0.6) is 0 Å². The summed E-state index contributed by atoms with van der Waals surface area (Å²) in [6, 6.07) is 0. The van der Waals surface area contributed by atoms with Crippen molar-refractivity contribution in [2.45, 2.75) is 230 Å². The summed E-state index contributed by atoms with van der Waals surface area (Å²) in [6.07, 6.45) is 27.8. The molecule has 1 aliphatic carbocycles. The number of phosphoric acid groups is 1. The highest BCUT2D eigenvalue weighted by atomic mass is 31.2. The molecule has 60 heavy (non-hydrogen) atoms. The van der Waals surface area contributed by atoms with Gasteiger partial charge in [0.15, 0.2) is 6.10 Å². The summed E-state index contributed by atoms with van der Waals surface area (Å²) in [7, 11) is -5.13. The number of ether oxygens (including phenoxy) is 2. The second-order valence-electron chi connectivity index (χ2n) is 16.3. The van der Waals surface area contributed by atoms with Crippen LogP contribution < -0.4 is 0 Å². The molecule has 0 aliphatic heterocycles. The molecule has 0 aromatic heterocycles. The summed E-state index contributed by atoms with van der Waals surface area (Å²) in [5.41, 5.74) is 0. The minimum absolute atomic E-state index is 0.0267. The van der Waals surface area contributed by atoms with Crippen LogP contribution in [0.15, 0.2) is 36.5 Å². The van der Waals surface area contributed by atoms with Gasteiger partial charge in [-0.2, -0.15) is 0 Å². The van der Waals surface area contributed by atoms with Gasteiger partial charge < -0.3 is 39.9 Å². The molecule has 0 aromatic carbocycles. The molecule has 0 heterocycles. The lowest BCUT2D eigenvalue weighted by molar-refractivity contribution is -0.220. The van der Waals surface area contributed by atoms with E-state index in [1.54, 1.807) is 0 Å². The number of unbranched alkanes of at least 4 members (excludes halogenated alkanes) is 20. The molecule has 1 saturated carbocycles. The molecule has 350 valence electrons. The Hall–Kier alpha value is -1.93. The number of esters is 2. The Morgan fingerprint density at radius 2 is 0.917 bits per heavy atom. The number of aliphatic hydroxyl groups is 5. The summed E-state index contributed by atoms with van der Waals surface area (Å²) >= 11 is 0. The molecule has 1 aliphatic rings. The number of carbonyl (C=O) groups excluding carboxylic acids is 2. The number of aliphatic hydroxyl groups excluding tert-OH is 5. The Bertz CT molecular complexity index is 1190. The molecule has 6 N–H and O–H groups in total. The van der Waals surface area contributed by atoms with Crippen molar-refractivity contribution in [1.29, 1.82) is 0 Å². The number of phosphoric ester groups is 1. The van der Waals surface area contributed by atoms with Gasteiger partial charge in [-0.05, 0) is 44.9 Å². The lowest BCUT2D eigenvalue weighted by Gasteiger charge is -2.41. The first-order chi connectivity index (χ1) is 28.9. The van der Waals surface area contributed by atoms with Crippen LogP contribution >= 0.6 is 7.82 Å². The van der Waals surface area contributed by atoms with Crippen LogP contribution in [0.2, 0.25) is 0 Å². The molecule has 0 saturated heterocycles. The second kappa shape index (κ2) is 36.5. The lowest BCUT2D eigenvalue weighted by atomic mass is 9.85. The smallest absolute Gasteiger partial charge is 0.462 e. The average Bonchev–Trinajstić information content (AvgIpc) is 3.23. The van der Waals surface area contributed by atoms with Crippen LogP contribution in [-0.2, 0) is 32.7 Å². The molecular weight excluding hydrogens is 791 g/mol. The SMILES string of the molecule is CCCCCCCC/C=C/C/C=C/C/C=C/CCCC(=O)O[C@H](COC(=O)CCCCCCCCCCCCCCCC)COP(=O)(O)OC1C(O)C(O)C(O)[C@@H](O)C1O. The van der Waals surface area contributed by atoms with E-state index in [-0.39, 0.29) is 12.8 Å². The van der Waals surface area contributed by atoms with Crippen LogP contribution in [0.1, 0.15) is 187 Å². The van der Waals surface area contributed by atoms with Crippen molar-refractivity contribution >= 4 is 19.8 Å². The molecule has 1 fully saturated rings. The zero-order valence-electron chi connectivity index (χ0n) is 37.0.